The Morgan fingerprint density at radius 1 is 0.533 bits per heavy atom. The maximum atomic E-state index is 2.30. The fourth-order valence-corrected chi connectivity index (χ4v) is 7.14. The van der Waals surface area contributed by atoms with Crippen LogP contribution in [0.2, 0.25) is 8.35 Å². The molecule has 0 N–H and O–H groups in total. The van der Waals surface area contributed by atoms with Crippen LogP contribution in [-0.2, 0) is 0 Å². The normalized spacial score (nSPS) is 10.5. The zero-order chi connectivity index (χ0) is 11.2. The van der Waals surface area contributed by atoms with Gasteiger partial charge in [0.2, 0.25) is 0 Å². The molecule has 0 heterocycles. The van der Waals surface area contributed by atoms with Gasteiger partial charge >= 0.3 is 109 Å². The van der Waals surface area contributed by atoms with Crippen molar-refractivity contribution < 1.29 is 0 Å². The molecule has 1 heteroatoms. The van der Waals surface area contributed by atoms with Crippen LogP contribution < -0.4 is 0 Å². The molecule has 0 unspecified atom stereocenters. The van der Waals surface area contributed by atoms with Gasteiger partial charge in [0.15, 0.2) is 0 Å². The van der Waals surface area contributed by atoms with Crippen molar-refractivity contribution in [1.29, 1.82) is 0 Å². The van der Waals surface area contributed by atoms with Crippen molar-refractivity contribution in [2.24, 2.45) is 0 Å². The molecule has 0 bridgehead atoms. The van der Waals surface area contributed by atoms with E-state index in [0.717, 1.165) is 0 Å². The molecule has 0 nitrogen and oxygen atoms in total. The third-order valence-electron chi connectivity index (χ3n) is 3.21. The molecule has 0 spiro atoms. The Bertz CT molecular complexity index is 89.5. The minimum atomic E-state index is -0.242. The van der Waals surface area contributed by atoms with E-state index in [4.69, 9.17) is 0 Å². The summed E-state index contributed by atoms with van der Waals surface area (Å²) in [6, 6.07) is 0. The van der Waals surface area contributed by atoms with Crippen molar-refractivity contribution in [3.05, 3.63) is 0 Å². The Hall–Kier alpha value is 0.870. The van der Waals surface area contributed by atoms with Crippen LogP contribution in [0.3, 0.4) is 0 Å². The second kappa shape index (κ2) is 14.9. The van der Waals surface area contributed by atoms with Crippen molar-refractivity contribution in [2.75, 3.05) is 0 Å². The Kier molecular flexibility index (Phi) is 15.7. The summed E-state index contributed by atoms with van der Waals surface area (Å²) in [5.74, 6) is 0. The first-order chi connectivity index (χ1) is 7.41. The first kappa shape index (κ1) is 15.9. The Labute approximate surface area is 109 Å². The summed E-state index contributed by atoms with van der Waals surface area (Å²) in [6.07, 6.45) is 14.9. The fourth-order valence-electron chi connectivity index (χ4n) is 2.09. The summed E-state index contributed by atoms with van der Waals surface area (Å²) in [7, 11) is 0. The molecular weight excluding hydrogens is 283 g/mol. The molecule has 0 aromatic rings. The Morgan fingerprint density at radius 2 is 0.933 bits per heavy atom. The summed E-state index contributed by atoms with van der Waals surface area (Å²) in [5.41, 5.74) is 0. The van der Waals surface area contributed by atoms with E-state index in [1.807, 2.05) is 0 Å². The fraction of sp³-hybridized carbons (Fsp3) is 1.00. The molecule has 0 aliphatic rings. The van der Waals surface area contributed by atoms with E-state index >= 15 is 0 Å². The first-order valence-corrected chi connectivity index (χ1v) is 13.1. The van der Waals surface area contributed by atoms with Crippen molar-refractivity contribution >= 4 is 22.9 Å². The van der Waals surface area contributed by atoms with Gasteiger partial charge in [0.1, 0.15) is 0 Å². The van der Waals surface area contributed by atoms with Gasteiger partial charge in [0, 0.05) is 0 Å². The van der Waals surface area contributed by atoms with E-state index in [2.05, 4.69) is 13.8 Å². The molecule has 15 heavy (non-hydrogen) atoms. The van der Waals surface area contributed by atoms with Crippen LogP contribution in [-0.4, -0.2) is 22.9 Å². The van der Waals surface area contributed by atoms with Crippen molar-refractivity contribution in [3.8, 4) is 0 Å². The van der Waals surface area contributed by atoms with Crippen LogP contribution in [0.15, 0.2) is 0 Å². The van der Waals surface area contributed by atoms with E-state index in [0.29, 0.717) is 0 Å². The molecule has 0 aromatic heterocycles. The molecule has 0 radical (unpaired) electrons. The molecule has 0 aromatic carbocycles. The van der Waals surface area contributed by atoms with Gasteiger partial charge in [0.25, 0.3) is 0 Å². The van der Waals surface area contributed by atoms with Crippen molar-refractivity contribution in [2.45, 2.75) is 86.4 Å². The first-order valence-electron chi connectivity index (χ1n) is 7.41. The molecule has 0 aliphatic heterocycles. The topological polar surface area (TPSA) is 0 Å². The zero-order valence-corrected chi connectivity index (χ0v) is 15.2. The number of unbranched alkanes of at least 4 members (excludes halogenated alkanes) is 8. The van der Waals surface area contributed by atoms with Crippen molar-refractivity contribution in [1.82, 2.24) is 0 Å². The summed E-state index contributed by atoms with van der Waals surface area (Å²) < 4.78 is 3.39. The number of rotatable bonds is 12. The number of hydrogen-bond donors (Lipinski definition) is 0. The molecule has 90 valence electrons. The summed E-state index contributed by atoms with van der Waals surface area (Å²) >= 11 is -0.242. The monoisotopic (exact) mass is 314 g/mol. The van der Waals surface area contributed by atoms with E-state index in [1.165, 1.54) is 51.4 Å². The SMILES string of the molecule is CCCCCC[CH2][InH][CH2]CCCCCC. The second-order valence-electron chi connectivity index (χ2n) is 4.89. The van der Waals surface area contributed by atoms with Gasteiger partial charge in [0.05, 0.1) is 0 Å². The van der Waals surface area contributed by atoms with E-state index in [9.17, 15) is 0 Å². The van der Waals surface area contributed by atoms with Crippen LogP contribution in [0.1, 0.15) is 78.1 Å². The van der Waals surface area contributed by atoms with Gasteiger partial charge in [-0.3, -0.25) is 0 Å². The third-order valence-corrected chi connectivity index (χ3v) is 8.92. The molecule has 0 rings (SSSR count). The maximum absolute atomic E-state index is 2.30. The van der Waals surface area contributed by atoms with Gasteiger partial charge < -0.3 is 0 Å². The average molecular weight is 314 g/mol. The quantitative estimate of drug-likeness (QED) is 0.434. The molecule has 0 atom stereocenters. The van der Waals surface area contributed by atoms with E-state index < -0.39 is 0 Å². The molecule has 0 fully saturated rings. The molecule has 0 aliphatic carbocycles. The zero-order valence-electron chi connectivity index (χ0n) is 11.2. The third kappa shape index (κ3) is 14.9. The predicted molar refractivity (Wildman–Crippen MR) is 74.3 cm³/mol. The second-order valence-corrected chi connectivity index (χ2v) is 10.9. The van der Waals surface area contributed by atoms with Gasteiger partial charge in [-0.25, -0.2) is 0 Å². The Morgan fingerprint density at radius 3 is 1.33 bits per heavy atom. The van der Waals surface area contributed by atoms with Crippen LogP contribution in [0.5, 0.6) is 0 Å². The standard InChI is InChI=1S/2C7H15.In.H/c2*1-3-5-7-6-4-2;;/h2*1,3-7H2,2H3;;. The van der Waals surface area contributed by atoms with Gasteiger partial charge in [-0.15, -0.1) is 0 Å². The summed E-state index contributed by atoms with van der Waals surface area (Å²) in [6.45, 7) is 4.60. The predicted octanol–water partition coefficient (Wildman–Crippen LogP) is 5.20. The van der Waals surface area contributed by atoms with Crippen LogP contribution in [0, 0.1) is 0 Å². The summed E-state index contributed by atoms with van der Waals surface area (Å²) in [5, 5.41) is 0. The van der Waals surface area contributed by atoms with E-state index in [-0.39, 0.29) is 22.9 Å². The van der Waals surface area contributed by atoms with Crippen LogP contribution in [0.4, 0.5) is 0 Å². The molecule has 0 saturated carbocycles. The van der Waals surface area contributed by atoms with Crippen LogP contribution >= 0.6 is 0 Å². The summed E-state index contributed by atoms with van der Waals surface area (Å²) in [4.78, 5) is 0. The average Bonchev–Trinajstić information content (AvgIpc) is 2.26. The molecular formula is C14H31In. The molecule has 0 amide bonds. The molecule has 0 saturated heterocycles. The van der Waals surface area contributed by atoms with Gasteiger partial charge in [-0.1, -0.05) is 0 Å². The number of hydrogen-bond acceptors (Lipinski definition) is 0. The van der Waals surface area contributed by atoms with E-state index in [1.54, 1.807) is 21.2 Å². The van der Waals surface area contributed by atoms with Crippen LogP contribution in [0.25, 0.3) is 0 Å². The van der Waals surface area contributed by atoms with Gasteiger partial charge in [-0.05, 0) is 0 Å². The van der Waals surface area contributed by atoms with Gasteiger partial charge in [-0.2, -0.15) is 0 Å². The Balaban J connectivity index is 2.81. The minimum absolute atomic E-state index is 0.242. The van der Waals surface area contributed by atoms with Crippen molar-refractivity contribution in [3.63, 3.8) is 0 Å².